The molecular weight excluding hydrogens is 246 g/mol. The molecule has 0 fully saturated rings. The molecule has 92 valence electrons. The monoisotopic (exact) mass is 260 g/mol. The molecule has 1 aromatic carbocycles. The lowest BCUT2D eigenvalue weighted by molar-refractivity contribution is -0.672. The first kappa shape index (κ1) is 12.6. The first-order chi connectivity index (χ1) is 8.66. The summed E-state index contributed by atoms with van der Waals surface area (Å²) in [6.07, 6.45) is 3.82. The van der Waals surface area contributed by atoms with E-state index in [0.717, 1.165) is 16.4 Å². The second-order valence-corrected chi connectivity index (χ2v) is 4.42. The van der Waals surface area contributed by atoms with Gasteiger partial charge in [-0.3, -0.25) is 5.01 Å². The zero-order valence-corrected chi connectivity index (χ0v) is 11.2. The maximum absolute atomic E-state index is 5.85. The summed E-state index contributed by atoms with van der Waals surface area (Å²) in [5.41, 5.74) is 2.03. The number of halogens is 1. The van der Waals surface area contributed by atoms with Crippen molar-refractivity contribution in [2.45, 2.75) is 0 Å². The average molecular weight is 261 g/mol. The number of anilines is 1. The molecule has 0 saturated carbocycles. The van der Waals surface area contributed by atoms with Crippen molar-refractivity contribution in [2.24, 2.45) is 12.1 Å². The van der Waals surface area contributed by atoms with Gasteiger partial charge >= 0.3 is 0 Å². The van der Waals surface area contributed by atoms with Crippen LogP contribution in [-0.2, 0) is 7.05 Å². The molecule has 0 N–H and O–H groups in total. The predicted molar refractivity (Wildman–Crippen MR) is 75.1 cm³/mol. The molecule has 0 saturated heterocycles. The molecule has 0 aliphatic heterocycles. The first-order valence-electron chi connectivity index (χ1n) is 5.65. The molecule has 0 amide bonds. The molecule has 0 bridgehead atoms. The van der Waals surface area contributed by atoms with Gasteiger partial charge in [-0.25, -0.2) is 4.57 Å². The van der Waals surface area contributed by atoms with Crippen molar-refractivity contribution in [2.75, 3.05) is 12.1 Å². The van der Waals surface area contributed by atoms with Crippen molar-refractivity contribution in [1.29, 1.82) is 0 Å². The number of hydrogen-bond acceptors (Lipinski definition) is 2. The maximum atomic E-state index is 5.85. The highest BCUT2D eigenvalue weighted by Crippen LogP contribution is 2.16. The van der Waals surface area contributed by atoms with Crippen molar-refractivity contribution < 1.29 is 4.57 Å². The molecule has 0 spiro atoms. The minimum atomic E-state index is 0.727. The molecule has 3 nitrogen and oxygen atoms in total. The second-order valence-electron chi connectivity index (χ2n) is 3.98. The fourth-order valence-corrected chi connectivity index (χ4v) is 1.67. The number of nitrogens with zero attached hydrogens (tertiary/aromatic N) is 3. The van der Waals surface area contributed by atoms with Gasteiger partial charge in [0.15, 0.2) is 6.20 Å². The quantitative estimate of drug-likeness (QED) is 0.472. The van der Waals surface area contributed by atoms with Gasteiger partial charge in [0.1, 0.15) is 13.3 Å². The van der Waals surface area contributed by atoms with Gasteiger partial charge in [-0.1, -0.05) is 11.6 Å². The van der Waals surface area contributed by atoms with Crippen LogP contribution in [0.15, 0.2) is 53.8 Å². The van der Waals surface area contributed by atoms with Crippen LogP contribution < -0.4 is 9.58 Å². The summed E-state index contributed by atoms with van der Waals surface area (Å²) in [6, 6.07) is 13.6. The van der Waals surface area contributed by atoms with E-state index in [4.69, 9.17) is 11.6 Å². The van der Waals surface area contributed by atoms with Gasteiger partial charge in [-0.2, -0.15) is 5.10 Å². The molecule has 1 heterocycles. The number of pyridine rings is 1. The van der Waals surface area contributed by atoms with Gasteiger partial charge in [0.2, 0.25) is 5.69 Å². The minimum Gasteiger partial charge on any atom is -0.268 e. The van der Waals surface area contributed by atoms with Gasteiger partial charge in [0, 0.05) is 24.2 Å². The highest BCUT2D eigenvalue weighted by Gasteiger charge is 2.02. The molecule has 0 atom stereocenters. The predicted octanol–water partition coefficient (Wildman–Crippen LogP) is 2.63. The lowest BCUT2D eigenvalue weighted by Crippen LogP contribution is -2.32. The number of benzene rings is 1. The summed E-state index contributed by atoms with van der Waals surface area (Å²) in [5.74, 6) is 0. The van der Waals surface area contributed by atoms with E-state index in [0.29, 0.717) is 0 Å². The van der Waals surface area contributed by atoms with Crippen LogP contribution in [0.4, 0.5) is 5.69 Å². The number of aryl methyl sites for hydroxylation is 1. The molecule has 1 aromatic heterocycles. The molecular formula is C14H15ClN3+. The number of hydrogen-bond donors (Lipinski definition) is 0. The molecule has 0 radical (unpaired) electrons. The third-order valence-corrected chi connectivity index (χ3v) is 2.91. The van der Waals surface area contributed by atoms with Crippen LogP contribution in [-0.4, -0.2) is 13.3 Å². The van der Waals surface area contributed by atoms with Crippen molar-refractivity contribution >= 4 is 23.5 Å². The lowest BCUT2D eigenvalue weighted by Gasteiger charge is -2.11. The van der Waals surface area contributed by atoms with Crippen LogP contribution >= 0.6 is 11.6 Å². The zero-order valence-electron chi connectivity index (χ0n) is 10.4. The average Bonchev–Trinajstić information content (AvgIpc) is 2.38. The third kappa shape index (κ3) is 3.08. The fourth-order valence-electron chi connectivity index (χ4n) is 1.54. The van der Waals surface area contributed by atoms with Crippen LogP contribution in [0.3, 0.4) is 0 Å². The van der Waals surface area contributed by atoms with Crippen LogP contribution in [0.25, 0.3) is 0 Å². The Kier molecular flexibility index (Phi) is 3.95. The molecule has 4 heteroatoms. The van der Waals surface area contributed by atoms with Crippen LogP contribution in [0.2, 0.25) is 5.02 Å². The van der Waals surface area contributed by atoms with E-state index in [1.54, 1.807) is 0 Å². The Morgan fingerprint density at radius 2 is 1.89 bits per heavy atom. The minimum absolute atomic E-state index is 0.727. The van der Waals surface area contributed by atoms with E-state index in [9.17, 15) is 0 Å². The van der Waals surface area contributed by atoms with E-state index in [1.807, 2.05) is 78.5 Å². The standard InChI is InChI=1S/C14H15ClN3/c1-17-10-4-3-5-14(17)11-16-18(2)13-8-6-12(15)7-9-13/h3-11H,1-2H3/q+1. The normalized spacial score (nSPS) is 10.8. The SMILES string of the molecule is CN(N=Cc1cccc[n+]1C)c1ccc(Cl)cc1. The smallest absolute Gasteiger partial charge is 0.225 e. The van der Waals surface area contributed by atoms with Crippen LogP contribution in [0, 0.1) is 0 Å². The van der Waals surface area contributed by atoms with Crippen molar-refractivity contribution in [1.82, 2.24) is 0 Å². The number of rotatable bonds is 3. The van der Waals surface area contributed by atoms with Gasteiger partial charge < -0.3 is 0 Å². The first-order valence-corrected chi connectivity index (χ1v) is 6.02. The summed E-state index contributed by atoms with van der Waals surface area (Å²) in [5, 5.41) is 6.94. The summed E-state index contributed by atoms with van der Waals surface area (Å²) in [4.78, 5) is 0. The maximum Gasteiger partial charge on any atom is 0.225 e. The zero-order chi connectivity index (χ0) is 13.0. The van der Waals surface area contributed by atoms with E-state index in [1.165, 1.54) is 0 Å². The Labute approximate surface area is 112 Å². The Morgan fingerprint density at radius 1 is 1.17 bits per heavy atom. The van der Waals surface area contributed by atoms with Crippen molar-refractivity contribution in [3.63, 3.8) is 0 Å². The second kappa shape index (κ2) is 5.65. The van der Waals surface area contributed by atoms with E-state index >= 15 is 0 Å². The Morgan fingerprint density at radius 3 is 2.56 bits per heavy atom. The van der Waals surface area contributed by atoms with Crippen molar-refractivity contribution in [3.05, 3.63) is 59.4 Å². The Bertz CT molecular complexity index is 549. The summed E-state index contributed by atoms with van der Waals surface area (Å²) < 4.78 is 2.01. The number of aromatic nitrogens is 1. The topological polar surface area (TPSA) is 19.5 Å². The van der Waals surface area contributed by atoms with Crippen LogP contribution in [0.1, 0.15) is 5.69 Å². The summed E-state index contributed by atoms with van der Waals surface area (Å²) in [7, 11) is 3.90. The van der Waals surface area contributed by atoms with Gasteiger partial charge in [0.05, 0.1) is 5.69 Å². The fraction of sp³-hybridized carbons (Fsp3) is 0.143. The largest absolute Gasteiger partial charge is 0.268 e. The summed E-state index contributed by atoms with van der Waals surface area (Å²) >= 11 is 5.85. The van der Waals surface area contributed by atoms with E-state index in [-0.39, 0.29) is 0 Å². The lowest BCUT2D eigenvalue weighted by atomic mass is 10.3. The van der Waals surface area contributed by atoms with E-state index < -0.39 is 0 Å². The number of hydrazone groups is 1. The van der Waals surface area contributed by atoms with E-state index in [2.05, 4.69) is 5.10 Å². The molecule has 18 heavy (non-hydrogen) atoms. The molecule has 2 aromatic rings. The van der Waals surface area contributed by atoms with Gasteiger partial charge in [-0.15, -0.1) is 0 Å². The molecule has 0 aliphatic rings. The molecule has 2 rings (SSSR count). The van der Waals surface area contributed by atoms with Crippen LogP contribution in [0.5, 0.6) is 0 Å². The summed E-state index contributed by atoms with van der Waals surface area (Å²) in [6.45, 7) is 0. The third-order valence-electron chi connectivity index (χ3n) is 2.66. The van der Waals surface area contributed by atoms with Gasteiger partial charge in [-0.05, 0) is 30.3 Å². The van der Waals surface area contributed by atoms with Crippen molar-refractivity contribution in [3.8, 4) is 0 Å². The highest BCUT2D eigenvalue weighted by atomic mass is 35.5. The van der Waals surface area contributed by atoms with Gasteiger partial charge in [0.25, 0.3) is 0 Å². The Balaban J connectivity index is 2.14. The Hall–Kier alpha value is -1.87. The molecule has 0 unspecified atom stereocenters. The highest BCUT2D eigenvalue weighted by molar-refractivity contribution is 6.30. The molecule has 0 aliphatic carbocycles.